The molecule has 1 aromatic carbocycles. The Balaban J connectivity index is 2.47. The number of nitrogens with zero attached hydrogens (tertiary/aromatic N) is 3. The number of benzene rings is 1. The number of aromatic nitrogens is 3. The van der Waals surface area contributed by atoms with E-state index in [4.69, 9.17) is 28.9 Å². The fourth-order valence-electron chi connectivity index (χ4n) is 1.03. The smallest absolute Gasteiger partial charge is 0.239 e. The highest BCUT2D eigenvalue weighted by Crippen LogP contribution is 2.23. The van der Waals surface area contributed by atoms with Crippen molar-refractivity contribution >= 4 is 29.2 Å². The zero-order chi connectivity index (χ0) is 10.1. The molecule has 2 N–H and O–H groups in total. The molecular weight excluding hydrogens is 223 g/mol. The molecule has 0 aliphatic heterocycles. The maximum Gasteiger partial charge on any atom is 0.239 e. The van der Waals surface area contributed by atoms with Crippen molar-refractivity contribution in [3.05, 3.63) is 34.6 Å². The van der Waals surface area contributed by atoms with Crippen LogP contribution in [0.4, 0.5) is 5.95 Å². The van der Waals surface area contributed by atoms with Crippen molar-refractivity contribution in [2.45, 2.75) is 0 Å². The van der Waals surface area contributed by atoms with Crippen LogP contribution in [-0.2, 0) is 0 Å². The van der Waals surface area contributed by atoms with Gasteiger partial charge in [-0.25, -0.2) is 9.67 Å². The van der Waals surface area contributed by atoms with Crippen LogP contribution >= 0.6 is 23.2 Å². The summed E-state index contributed by atoms with van der Waals surface area (Å²) in [7, 11) is 0. The minimum Gasteiger partial charge on any atom is -0.366 e. The summed E-state index contributed by atoms with van der Waals surface area (Å²) in [6.45, 7) is 0. The van der Waals surface area contributed by atoms with Crippen LogP contribution < -0.4 is 5.73 Å². The normalized spacial score (nSPS) is 10.4. The number of hydrogen-bond donors (Lipinski definition) is 1. The topological polar surface area (TPSA) is 56.7 Å². The van der Waals surface area contributed by atoms with E-state index in [1.54, 1.807) is 18.2 Å². The van der Waals surface area contributed by atoms with E-state index in [0.717, 1.165) is 5.69 Å². The van der Waals surface area contributed by atoms with Crippen molar-refractivity contribution in [2.75, 3.05) is 5.73 Å². The molecule has 0 aliphatic carbocycles. The molecule has 14 heavy (non-hydrogen) atoms. The van der Waals surface area contributed by atoms with E-state index >= 15 is 0 Å². The number of anilines is 1. The Morgan fingerprint density at radius 1 is 1.21 bits per heavy atom. The van der Waals surface area contributed by atoms with E-state index < -0.39 is 0 Å². The second kappa shape index (κ2) is 3.48. The van der Waals surface area contributed by atoms with Crippen molar-refractivity contribution in [3.8, 4) is 5.69 Å². The molecule has 6 heteroatoms. The van der Waals surface area contributed by atoms with Gasteiger partial charge in [-0.1, -0.05) is 23.2 Å². The van der Waals surface area contributed by atoms with Gasteiger partial charge in [-0.15, -0.1) is 5.10 Å². The van der Waals surface area contributed by atoms with Crippen molar-refractivity contribution in [3.63, 3.8) is 0 Å². The molecule has 1 heterocycles. The largest absolute Gasteiger partial charge is 0.366 e. The summed E-state index contributed by atoms with van der Waals surface area (Å²) in [6.07, 6.45) is 1.51. The summed E-state index contributed by atoms with van der Waals surface area (Å²) in [5, 5.41) is 4.91. The van der Waals surface area contributed by atoms with Crippen LogP contribution in [-0.4, -0.2) is 14.8 Å². The Morgan fingerprint density at radius 3 is 2.57 bits per heavy atom. The Bertz CT molecular complexity index is 466. The number of hydrogen-bond acceptors (Lipinski definition) is 3. The molecule has 0 aliphatic rings. The monoisotopic (exact) mass is 228 g/mol. The molecule has 1 aromatic heterocycles. The van der Waals surface area contributed by atoms with Gasteiger partial charge in [0.25, 0.3) is 0 Å². The van der Waals surface area contributed by atoms with Crippen molar-refractivity contribution in [2.24, 2.45) is 0 Å². The lowest BCUT2D eigenvalue weighted by Gasteiger charge is -2.01. The van der Waals surface area contributed by atoms with Gasteiger partial charge in [-0.05, 0) is 18.2 Å². The zero-order valence-electron chi connectivity index (χ0n) is 6.98. The van der Waals surface area contributed by atoms with Crippen LogP contribution in [0.15, 0.2) is 24.5 Å². The molecule has 0 radical (unpaired) electrons. The van der Waals surface area contributed by atoms with E-state index in [-0.39, 0.29) is 5.95 Å². The molecule has 0 amide bonds. The summed E-state index contributed by atoms with van der Waals surface area (Å²) in [4.78, 5) is 3.80. The Morgan fingerprint density at radius 2 is 2.00 bits per heavy atom. The van der Waals surface area contributed by atoms with E-state index in [9.17, 15) is 0 Å². The highest BCUT2D eigenvalue weighted by atomic mass is 35.5. The van der Waals surface area contributed by atoms with E-state index in [1.807, 2.05) is 0 Å². The first kappa shape index (κ1) is 9.30. The third kappa shape index (κ3) is 1.66. The fraction of sp³-hybridized carbons (Fsp3) is 0. The summed E-state index contributed by atoms with van der Waals surface area (Å²) >= 11 is 11.6. The van der Waals surface area contributed by atoms with Gasteiger partial charge >= 0.3 is 0 Å². The van der Waals surface area contributed by atoms with Crippen LogP contribution in [0.1, 0.15) is 0 Å². The summed E-state index contributed by atoms with van der Waals surface area (Å²) < 4.78 is 1.53. The number of nitrogens with two attached hydrogens (primary N) is 1. The summed E-state index contributed by atoms with van der Waals surface area (Å²) in [5.41, 5.74) is 6.15. The van der Waals surface area contributed by atoms with Gasteiger partial charge in [0.05, 0.1) is 15.7 Å². The van der Waals surface area contributed by atoms with Crippen LogP contribution in [0.25, 0.3) is 5.69 Å². The van der Waals surface area contributed by atoms with Gasteiger partial charge in [0.1, 0.15) is 6.33 Å². The summed E-state index contributed by atoms with van der Waals surface area (Å²) in [6, 6.07) is 5.16. The average Bonchev–Trinajstić information content (AvgIpc) is 2.57. The van der Waals surface area contributed by atoms with E-state index in [0.29, 0.717) is 10.0 Å². The second-order valence-electron chi connectivity index (χ2n) is 2.65. The van der Waals surface area contributed by atoms with Crippen LogP contribution in [0, 0.1) is 0 Å². The lowest BCUT2D eigenvalue weighted by Crippen LogP contribution is -1.95. The Labute approximate surface area is 90.3 Å². The molecule has 0 fully saturated rings. The predicted octanol–water partition coefficient (Wildman–Crippen LogP) is 2.16. The maximum atomic E-state index is 5.85. The molecule has 4 nitrogen and oxygen atoms in total. The first-order valence-corrected chi connectivity index (χ1v) is 4.55. The molecule has 0 spiro atoms. The minimum absolute atomic E-state index is 0.219. The van der Waals surface area contributed by atoms with Crippen LogP contribution in [0.2, 0.25) is 10.0 Å². The van der Waals surface area contributed by atoms with Crippen LogP contribution in [0.5, 0.6) is 0 Å². The number of nitrogen functional groups attached to an aromatic ring is 1. The minimum atomic E-state index is 0.219. The van der Waals surface area contributed by atoms with Crippen molar-refractivity contribution in [1.29, 1.82) is 0 Å². The third-order valence-corrected chi connectivity index (χ3v) is 2.42. The SMILES string of the molecule is Nc1ncn(-c2ccc(Cl)c(Cl)c2)n1. The highest BCUT2D eigenvalue weighted by Gasteiger charge is 2.02. The zero-order valence-corrected chi connectivity index (χ0v) is 8.50. The van der Waals surface area contributed by atoms with E-state index in [1.165, 1.54) is 11.0 Å². The highest BCUT2D eigenvalue weighted by molar-refractivity contribution is 6.42. The molecule has 0 atom stereocenters. The van der Waals surface area contributed by atoms with Gasteiger partial charge in [-0.3, -0.25) is 0 Å². The lowest BCUT2D eigenvalue weighted by molar-refractivity contribution is 0.883. The fourth-order valence-corrected chi connectivity index (χ4v) is 1.32. The average molecular weight is 229 g/mol. The number of rotatable bonds is 1. The Hall–Kier alpha value is -1.26. The third-order valence-electron chi connectivity index (χ3n) is 1.68. The molecule has 0 bridgehead atoms. The van der Waals surface area contributed by atoms with Crippen molar-refractivity contribution < 1.29 is 0 Å². The van der Waals surface area contributed by atoms with Gasteiger partial charge < -0.3 is 5.73 Å². The van der Waals surface area contributed by atoms with Gasteiger partial charge in [0.2, 0.25) is 5.95 Å². The lowest BCUT2D eigenvalue weighted by atomic mass is 10.3. The van der Waals surface area contributed by atoms with Gasteiger partial charge in [-0.2, -0.15) is 0 Å². The summed E-state index contributed by atoms with van der Waals surface area (Å²) in [5.74, 6) is 0.219. The first-order valence-electron chi connectivity index (χ1n) is 3.79. The molecule has 2 aromatic rings. The maximum absolute atomic E-state index is 5.85. The molecular formula is C8H6Cl2N4. The second-order valence-corrected chi connectivity index (χ2v) is 3.46. The molecule has 0 unspecified atom stereocenters. The van der Waals surface area contributed by atoms with Gasteiger partial charge in [0.15, 0.2) is 0 Å². The van der Waals surface area contributed by atoms with Crippen LogP contribution in [0.3, 0.4) is 0 Å². The Kier molecular flexibility index (Phi) is 2.31. The predicted molar refractivity (Wildman–Crippen MR) is 55.8 cm³/mol. The molecule has 2 rings (SSSR count). The standard InChI is InChI=1S/C8H6Cl2N4/c9-6-2-1-5(3-7(6)10)14-4-12-8(11)13-14/h1-4H,(H2,11,13). The van der Waals surface area contributed by atoms with Gasteiger partial charge in [0, 0.05) is 0 Å². The van der Waals surface area contributed by atoms with E-state index in [2.05, 4.69) is 10.1 Å². The first-order chi connectivity index (χ1) is 6.66. The quantitative estimate of drug-likeness (QED) is 0.814. The molecule has 72 valence electrons. The molecule has 0 saturated heterocycles. The van der Waals surface area contributed by atoms with Crippen molar-refractivity contribution in [1.82, 2.24) is 14.8 Å². The number of halogens is 2. The molecule has 0 saturated carbocycles.